The number of amides is 2. The fourth-order valence-corrected chi connectivity index (χ4v) is 2.93. The molecule has 3 N–H and O–H groups in total. The number of aliphatic hydroxyl groups excluding tert-OH is 1. The van der Waals surface area contributed by atoms with Crippen molar-refractivity contribution in [2.45, 2.75) is 19.4 Å². The summed E-state index contributed by atoms with van der Waals surface area (Å²) in [5.74, 6) is -2.44. The zero-order valence-electron chi connectivity index (χ0n) is 13.5. The van der Waals surface area contributed by atoms with Crippen molar-refractivity contribution in [2.75, 3.05) is 11.9 Å². The maximum absolute atomic E-state index is 12.1. The Morgan fingerprint density at radius 2 is 1.85 bits per heavy atom. The van der Waals surface area contributed by atoms with Gasteiger partial charge in [0.1, 0.15) is 11.9 Å². The molecule has 0 radical (unpaired) electrons. The topological polar surface area (TPSA) is 87.7 Å². The van der Waals surface area contributed by atoms with Gasteiger partial charge in [-0.3, -0.25) is 9.59 Å². The van der Waals surface area contributed by atoms with E-state index in [1.54, 1.807) is 5.38 Å². The molecular weight excluding hydrogens is 373 g/mol. The van der Waals surface area contributed by atoms with E-state index in [1.165, 1.54) is 11.3 Å². The highest BCUT2D eigenvalue weighted by Crippen LogP contribution is 2.24. The van der Waals surface area contributed by atoms with Gasteiger partial charge in [0.05, 0.1) is 0 Å². The Bertz CT molecular complexity index is 775. The Kier molecular flexibility index (Phi) is 6.22. The first kappa shape index (κ1) is 19.7. The molecule has 6 nitrogen and oxygen atoms in total. The number of carbonyl (C=O) groups is 2. The maximum Gasteiger partial charge on any atom is 0.573 e. The number of thiophene rings is 1. The molecule has 0 unspecified atom stereocenters. The Morgan fingerprint density at radius 3 is 2.38 bits per heavy atom. The first-order valence-electron chi connectivity index (χ1n) is 7.33. The van der Waals surface area contributed by atoms with Gasteiger partial charge in [-0.05, 0) is 48.2 Å². The van der Waals surface area contributed by atoms with Crippen LogP contribution in [0.2, 0.25) is 0 Å². The Labute approximate surface area is 150 Å². The van der Waals surface area contributed by atoms with Gasteiger partial charge in [0.15, 0.2) is 0 Å². The van der Waals surface area contributed by atoms with Gasteiger partial charge in [-0.2, -0.15) is 0 Å². The highest BCUT2D eigenvalue weighted by atomic mass is 32.1. The lowest BCUT2D eigenvalue weighted by Gasteiger charge is -2.12. The molecule has 1 aromatic heterocycles. The molecule has 0 fully saturated rings. The lowest BCUT2D eigenvalue weighted by molar-refractivity contribution is -0.274. The van der Waals surface area contributed by atoms with Crippen LogP contribution in [0.3, 0.4) is 0 Å². The third-order valence-electron chi connectivity index (χ3n) is 3.21. The summed E-state index contributed by atoms with van der Waals surface area (Å²) in [5, 5.41) is 16.3. The predicted molar refractivity (Wildman–Crippen MR) is 88.8 cm³/mol. The second-order valence-corrected chi connectivity index (χ2v) is 6.17. The number of anilines is 1. The van der Waals surface area contributed by atoms with Crippen LogP contribution in [0.1, 0.15) is 16.5 Å². The lowest BCUT2D eigenvalue weighted by atomic mass is 10.2. The van der Waals surface area contributed by atoms with Crippen molar-refractivity contribution < 1.29 is 32.6 Å². The third-order valence-corrected chi connectivity index (χ3v) is 4.33. The van der Waals surface area contributed by atoms with Gasteiger partial charge in [-0.25, -0.2) is 0 Å². The van der Waals surface area contributed by atoms with E-state index in [0.717, 1.165) is 29.8 Å². The minimum absolute atomic E-state index is 0.120. The van der Waals surface area contributed by atoms with E-state index in [9.17, 15) is 27.9 Å². The van der Waals surface area contributed by atoms with Gasteiger partial charge in [0, 0.05) is 17.1 Å². The summed E-state index contributed by atoms with van der Waals surface area (Å²) < 4.78 is 39.9. The molecule has 1 atom stereocenters. The molecule has 0 saturated carbocycles. The minimum atomic E-state index is -4.81. The van der Waals surface area contributed by atoms with Crippen LogP contribution in [0, 0.1) is 6.92 Å². The zero-order valence-corrected chi connectivity index (χ0v) is 14.3. The van der Waals surface area contributed by atoms with Crippen LogP contribution in [0.5, 0.6) is 5.75 Å². The average molecular weight is 388 g/mol. The maximum atomic E-state index is 12.1. The second-order valence-electron chi connectivity index (χ2n) is 5.22. The number of halogens is 3. The predicted octanol–water partition coefficient (Wildman–Crippen LogP) is 2.74. The van der Waals surface area contributed by atoms with Crippen LogP contribution < -0.4 is 15.4 Å². The molecular formula is C16H15F3N2O4S. The molecule has 0 spiro atoms. The minimum Gasteiger partial charge on any atom is -0.406 e. The Hall–Kier alpha value is -2.59. The van der Waals surface area contributed by atoms with Gasteiger partial charge in [0.2, 0.25) is 0 Å². The summed E-state index contributed by atoms with van der Waals surface area (Å²) in [7, 11) is 0. The quantitative estimate of drug-likeness (QED) is 0.688. The lowest BCUT2D eigenvalue weighted by Crippen LogP contribution is -2.37. The molecule has 10 heteroatoms. The van der Waals surface area contributed by atoms with Gasteiger partial charge >= 0.3 is 18.2 Å². The molecule has 0 bridgehead atoms. The smallest absolute Gasteiger partial charge is 0.406 e. The van der Waals surface area contributed by atoms with Crippen molar-refractivity contribution in [2.24, 2.45) is 0 Å². The average Bonchev–Trinajstić information content (AvgIpc) is 2.99. The highest BCUT2D eigenvalue weighted by Gasteiger charge is 2.31. The van der Waals surface area contributed by atoms with Crippen LogP contribution in [-0.2, 0) is 9.59 Å². The molecule has 2 rings (SSSR count). The third kappa shape index (κ3) is 5.74. The van der Waals surface area contributed by atoms with Crippen LogP contribution in [0.4, 0.5) is 18.9 Å². The van der Waals surface area contributed by atoms with Crippen molar-refractivity contribution in [1.82, 2.24) is 5.32 Å². The molecule has 0 saturated heterocycles. The molecule has 0 aliphatic heterocycles. The summed E-state index contributed by atoms with van der Waals surface area (Å²) in [4.78, 5) is 24.2. The Morgan fingerprint density at radius 1 is 1.19 bits per heavy atom. The number of aliphatic hydroxyl groups is 1. The van der Waals surface area contributed by atoms with Gasteiger partial charge in [0.25, 0.3) is 0 Å². The number of hydrogen-bond donors (Lipinski definition) is 3. The largest absolute Gasteiger partial charge is 0.573 e. The van der Waals surface area contributed by atoms with E-state index in [1.807, 2.05) is 13.0 Å². The molecule has 2 amide bonds. The van der Waals surface area contributed by atoms with Gasteiger partial charge < -0.3 is 20.5 Å². The summed E-state index contributed by atoms with van der Waals surface area (Å²) in [6.45, 7) is 1.67. The monoisotopic (exact) mass is 388 g/mol. The van der Waals surface area contributed by atoms with Crippen molar-refractivity contribution in [3.05, 3.63) is 46.2 Å². The van der Waals surface area contributed by atoms with E-state index < -0.39 is 30.0 Å². The number of ether oxygens (including phenoxy) is 1. The fourth-order valence-electron chi connectivity index (χ4n) is 2.02. The normalized spacial score (nSPS) is 12.3. The van der Waals surface area contributed by atoms with E-state index in [2.05, 4.69) is 15.4 Å². The van der Waals surface area contributed by atoms with Crippen molar-refractivity contribution in [3.63, 3.8) is 0 Å². The van der Waals surface area contributed by atoms with Crippen LogP contribution in [-0.4, -0.2) is 29.8 Å². The standard InChI is InChI=1S/C16H15F3N2O4S/c1-9-6-7-26-13(9)12(22)8-20-14(23)15(24)21-10-2-4-11(5-3-10)25-16(17,18)19/h2-7,12,22H,8H2,1H3,(H,20,23)(H,21,24)/t12-/m0/s1. The molecule has 0 aliphatic rings. The molecule has 1 aromatic carbocycles. The summed E-state index contributed by atoms with van der Waals surface area (Å²) in [6.07, 6.45) is -5.75. The van der Waals surface area contributed by atoms with Crippen LogP contribution >= 0.6 is 11.3 Å². The number of alkyl halides is 3. The van der Waals surface area contributed by atoms with Gasteiger partial charge in [-0.1, -0.05) is 0 Å². The van der Waals surface area contributed by atoms with Crippen LogP contribution in [0.15, 0.2) is 35.7 Å². The summed E-state index contributed by atoms with van der Waals surface area (Å²) in [5.41, 5.74) is 0.997. The van der Waals surface area contributed by atoms with E-state index in [-0.39, 0.29) is 12.2 Å². The molecule has 26 heavy (non-hydrogen) atoms. The summed E-state index contributed by atoms with van der Waals surface area (Å²) >= 11 is 1.33. The van der Waals surface area contributed by atoms with Crippen molar-refractivity contribution in [3.8, 4) is 5.75 Å². The first-order valence-corrected chi connectivity index (χ1v) is 8.20. The Balaban J connectivity index is 1.85. The number of hydrogen-bond acceptors (Lipinski definition) is 5. The van der Waals surface area contributed by atoms with E-state index in [0.29, 0.717) is 4.88 Å². The highest BCUT2D eigenvalue weighted by molar-refractivity contribution is 7.10. The van der Waals surface area contributed by atoms with Crippen molar-refractivity contribution in [1.29, 1.82) is 0 Å². The van der Waals surface area contributed by atoms with E-state index >= 15 is 0 Å². The molecule has 140 valence electrons. The number of carbonyl (C=O) groups excluding carboxylic acids is 2. The van der Waals surface area contributed by atoms with E-state index in [4.69, 9.17) is 0 Å². The first-order chi connectivity index (χ1) is 12.2. The second kappa shape index (κ2) is 8.19. The van der Waals surface area contributed by atoms with Crippen molar-refractivity contribution >= 4 is 28.8 Å². The molecule has 0 aliphatic carbocycles. The molecule has 2 aromatic rings. The summed E-state index contributed by atoms with van der Waals surface area (Å²) in [6, 6.07) is 6.16. The number of benzene rings is 1. The SMILES string of the molecule is Cc1ccsc1[C@@H](O)CNC(=O)C(=O)Nc1ccc(OC(F)(F)F)cc1. The van der Waals surface area contributed by atoms with Crippen LogP contribution in [0.25, 0.3) is 0 Å². The number of aryl methyl sites for hydroxylation is 1. The number of rotatable bonds is 5. The fraction of sp³-hybridized carbons (Fsp3) is 0.250. The zero-order chi connectivity index (χ0) is 19.3. The number of nitrogens with one attached hydrogen (secondary N) is 2. The van der Waals surface area contributed by atoms with Gasteiger partial charge in [-0.15, -0.1) is 24.5 Å². The molecule has 1 heterocycles.